The lowest BCUT2D eigenvalue weighted by molar-refractivity contribution is 0.0261. The van der Waals surface area contributed by atoms with Crippen molar-refractivity contribution >= 4 is 15.9 Å². The fourth-order valence-corrected chi connectivity index (χ4v) is 2.92. The molecule has 0 spiro atoms. The molecule has 1 aromatic carbocycles. The highest BCUT2D eigenvalue weighted by atomic mass is 79.9. The molecule has 2 aliphatic heterocycles. The van der Waals surface area contributed by atoms with E-state index in [-0.39, 0.29) is 12.9 Å². The number of benzene rings is 1. The van der Waals surface area contributed by atoms with Gasteiger partial charge in [0.05, 0.1) is 19.8 Å². The summed E-state index contributed by atoms with van der Waals surface area (Å²) in [5.41, 5.74) is 0.973. The zero-order valence-electron chi connectivity index (χ0n) is 9.99. The summed E-state index contributed by atoms with van der Waals surface area (Å²) >= 11 is 3.50. The highest BCUT2D eigenvalue weighted by molar-refractivity contribution is 9.10. The lowest BCUT2D eigenvalue weighted by Crippen LogP contribution is -2.33. The Kier molecular flexibility index (Phi) is 3.32. The highest BCUT2D eigenvalue weighted by Crippen LogP contribution is 2.48. The van der Waals surface area contributed by atoms with Crippen LogP contribution < -0.4 is 19.5 Å². The molecule has 6 heteroatoms. The van der Waals surface area contributed by atoms with Crippen molar-refractivity contribution < 1.29 is 18.9 Å². The second kappa shape index (κ2) is 4.95. The molecule has 0 saturated carbocycles. The van der Waals surface area contributed by atoms with Gasteiger partial charge in [-0.1, -0.05) is 0 Å². The van der Waals surface area contributed by atoms with Gasteiger partial charge in [0, 0.05) is 18.7 Å². The molecule has 0 aromatic heterocycles. The van der Waals surface area contributed by atoms with Crippen molar-refractivity contribution in [2.45, 2.75) is 6.10 Å². The Bertz CT molecular complexity index is 460. The van der Waals surface area contributed by atoms with Crippen molar-refractivity contribution in [3.05, 3.63) is 16.1 Å². The van der Waals surface area contributed by atoms with Crippen LogP contribution in [-0.2, 0) is 4.74 Å². The first-order valence-corrected chi connectivity index (χ1v) is 6.59. The molecule has 1 aromatic rings. The fourth-order valence-electron chi connectivity index (χ4n) is 2.22. The third-order valence-corrected chi connectivity index (χ3v) is 3.79. The molecule has 1 N–H and O–H groups in total. The topological polar surface area (TPSA) is 49.0 Å². The number of rotatable bonds is 2. The van der Waals surface area contributed by atoms with Gasteiger partial charge >= 0.3 is 0 Å². The second-order valence-electron chi connectivity index (χ2n) is 4.11. The first-order chi connectivity index (χ1) is 8.81. The van der Waals surface area contributed by atoms with Crippen LogP contribution in [0.2, 0.25) is 0 Å². The van der Waals surface area contributed by atoms with Gasteiger partial charge in [-0.15, -0.1) is 0 Å². The minimum absolute atomic E-state index is 0.0282. The molecule has 0 radical (unpaired) electrons. The first kappa shape index (κ1) is 12.1. The molecule has 0 aliphatic carbocycles. The van der Waals surface area contributed by atoms with Crippen LogP contribution in [0.5, 0.6) is 17.2 Å². The number of hydrogen-bond donors (Lipinski definition) is 1. The Morgan fingerprint density at radius 3 is 3.06 bits per heavy atom. The molecule has 1 saturated heterocycles. The van der Waals surface area contributed by atoms with Gasteiger partial charge in [-0.3, -0.25) is 0 Å². The van der Waals surface area contributed by atoms with Crippen LogP contribution in [0.1, 0.15) is 11.7 Å². The monoisotopic (exact) mass is 315 g/mol. The Morgan fingerprint density at radius 1 is 1.44 bits per heavy atom. The maximum atomic E-state index is 5.76. The summed E-state index contributed by atoms with van der Waals surface area (Å²) in [4.78, 5) is 0. The second-order valence-corrected chi connectivity index (χ2v) is 4.90. The van der Waals surface area contributed by atoms with Gasteiger partial charge in [0.1, 0.15) is 10.2 Å². The van der Waals surface area contributed by atoms with E-state index in [0.29, 0.717) is 12.4 Å². The maximum absolute atomic E-state index is 5.76. The summed E-state index contributed by atoms with van der Waals surface area (Å²) in [6.07, 6.45) is -0.0282. The minimum atomic E-state index is -0.0282. The van der Waals surface area contributed by atoms with E-state index in [1.54, 1.807) is 7.11 Å². The van der Waals surface area contributed by atoms with E-state index in [9.17, 15) is 0 Å². The predicted octanol–water partition coefficient (Wildman–Crippen LogP) is 1.85. The number of fused-ring (bicyclic) bond motifs is 1. The Hall–Kier alpha value is -0.980. The number of morpholine rings is 1. The molecule has 0 amide bonds. The molecular weight excluding hydrogens is 302 g/mol. The van der Waals surface area contributed by atoms with Crippen LogP contribution in [0.25, 0.3) is 0 Å². The summed E-state index contributed by atoms with van der Waals surface area (Å²) in [7, 11) is 1.64. The molecule has 1 atom stereocenters. The van der Waals surface area contributed by atoms with Gasteiger partial charge in [0.25, 0.3) is 0 Å². The summed E-state index contributed by atoms with van der Waals surface area (Å²) in [6.45, 7) is 2.58. The Balaban J connectivity index is 2.04. The fraction of sp³-hybridized carbons (Fsp3) is 0.500. The molecule has 1 unspecified atom stereocenters. The summed E-state index contributed by atoms with van der Waals surface area (Å²) in [6, 6.07) is 1.93. The summed E-state index contributed by atoms with van der Waals surface area (Å²) in [5, 5.41) is 3.30. The van der Waals surface area contributed by atoms with Gasteiger partial charge in [-0.2, -0.15) is 0 Å². The molecule has 0 bridgehead atoms. The smallest absolute Gasteiger partial charge is 0.231 e. The first-order valence-electron chi connectivity index (χ1n) is 5.79. The molecule has 1 fully saturated rings. The molecular formula is C12H14BrNO4. The quantitative estimate of drug-likeness (QED) is 0.902. The molecule has 98 valence electrons. The average molecular weight is 316 g/mol. The zero-order valence-corrected chi connectivity index (χ0v) is 11.6. The van der Waals surface area contributed by atoms with E-state index in [0.717, 1.165) is 34.6 Å². The molecule has 2 heterocycles. The molecule has 18 heavy (non-hydrogen) atoms. The van der Waals surface area contributed by atoms with Gasteiger partial charge in [-0.25, -0.2) is 0 Å². The molecule has 3 rings (SSSR count). The average Bonchev–Trinajstić information content (AvgIpc) is 2.88. The maximum Gasteiger partial charge on any atom is 0.231 e. The number of ether oxygens (including phenoxy) is 4. The van der Waals surface area contributed by atoms with Gasteiger partial charge in [0.15, 0.2) is 11.5 Å². The van der Waals surface area contributed by atoms with Crippen molar-refractivity contribution in [1.29, 1.82) is 0 Å². The Labute approximate surface area is 113 Å². The van der Waals surface area contributed by atoms with Crippen LogP contribution in [0.4, 0.5) is 0 Å². The number of halogens is 1. The van der Waals surface area contributed by atoms with E-state index in [4.69, 9.17) is 18.9 Å². The summed E-state index contributed by atoms with van der Waals surface area (Å²) in [5.74, 6) is 2.17. The van der Waals surface area contributed by atoms with Crippen LogP contribution in [0.15, 0.2) is 10.5 Å². The minimum Gasteiger partial charge on any atom is -0.495 e. The van der Waals surface area contributed by atoms with Gasteiger partial charge in [-0.05, 0) is 22.0 Å². The molecule has 5 nitrogen and oxygen atoms in total. The van der Waals surface area contributed by atoms with Gasteiger partial charge < -0.3 is 24.3 Å². The van der Waals surface area contributed by atoms with Crippen LogP contribution in [-0.4, -0.2) is 33.6 Å². The van der Waals surface area contributed by atoms with E-state index >= 15 is 0 Å². The standard InChI is InChI=1S/C12H14BrNO4/c1-15-11-7(9-5-14-2-3-16-9)4-8-12(10(11)13)18-6-17-8/h4,9,14H,2-3,5-6H2,1H3. The Morgan fingerprint density at radius 2 is 2.33 bits per heavy atom. The van der Waals surface area contributed by atoms with Crippen molar-refractivity contribution in [3.8, 4) is 17.2 Å². The van der Waals surface area contributed by atoms with Crippen molar-refractivity contribution in [1.82, 2.24) is 5.32 Å². The third kappa shape index (κ3) is 1.94. The SMILES string of the molecule is COc1c(C2CNCCO2)cc2c(c1Br)OCO2. The third-order valence-electron chi connectivity index (χ3n) is 3.07. The van der Waals surface area contributed by atoms with Crippen LogP contribution in [0, 0.1) is 0 Å². The zero-order chi connectivity index (χ0) is 12.5. The number of hydrogen-bond acceptors (Lipinski definition) is 5. The van der Waals surface area contributed by atoms with E-state index < -0.39 is 0 Å². The van der Waals surface area contributed by atoms with Crippen LogP contribution >= 0.6 is 15.9 Å². The van der Waals surface area contributed by atoms with Crippen molar-refractivity contribution in [3.63, 3.8) is 0 Å². The van der Waals surface area contributed by atoms with E-state index in [2.05, 4.69) is 21.2 Å². The number of nitrogens with one attached hydrogen (secondary N) is 1. The van der Waals surface area contributed by atoms with Crippen molar-refractivity contribution in [2.24, 2.45) is 0 Å². The highest BCUT2D eigenvalue weighted by Gasteiger charge is 2.28. The lowest BCUT2D eigenvalue weighted by atomic mass is 10.1. The summed E-state index contributed by atoms with van der Waals surface area (Å²) < 4.78 is 22.8. The predicted molar refractivity (Wildman–Crippen MR) is 68.4 cm³/mol. The van der Waals surface area contributed by atoms with E-state index in [1.807, 2.05) is 6.07 Å². The lowest BCUT2D eigenvalue weighted by Gasteiger charge is -2.26. The van der Waals surface area contributed by atoms with Crippen molar-refractivity contribution in [2.75, 3.05) is 33.6 Å². The van der Waals surface area contributed by atoms with E-state index in [1.165, 1.54) is 0 Å². The largest absolute Gasteiger partial charge is 0.495 e. The molecule has 2 aliphatic rings. The normalized spacial score (nSPS) is 22.0. The van der Waals surface area contributed by atoms with Gasteiger partial charge in [0.2, 0.25) is 6.79 Å². The van der Waals surface area contributed by atoms with Crippen LogP contribution in [0.3, 0.4) is 0 Å². The number of methoxy groups -OCH3 is 1.